The SMILES string of the molecule is O=C(c1ccn[nH]1)N1CCc2[nH]cnc2C1c1cc2ccccn2n1. The molecule has 8 nitrogen and oxygen atoms in total. The van der Waals surface area contributed by atoms with Crippen molar-refractivity contribution in [1.29, 1.82) is 0 Å². The molecule has 0 spiro atoms. The van der Waals surface area contributed by atoms with E-state index in [2.05, 4.69) is 25.3 Å². The van der Waals surface area contributed by atoms with E-state index in [1.165, 1.54) is 0 Å². The van der Waals surface area contributed by atoms with Crippen LogP contribution in [0.3, 0.4) is 0 Å². The molecule has 0 saturated heterocycles. The lowest BCUT2D eigenvalue weighted by molar-refractivity contribution is 0.0681. The Morgan fingerprint density at radius 2 is 2.24 bits per heavy atom. The first-order chi connectivity index (χ1) is 12.3. The first-order valence-corrected chi connectivity index (χ1v) is 8.08. The van der Waals surface area contributed by atoms with E-state index in [0.29, 0.717) is 12.2 Å². The first kappa shape index (κ1) is 14.0. The monoisotopic (exact) mass is 333 g/mol. The van der Waals surface area contributed by atoms with Crippen LogP contribution in [0.5, 0.6) is 0 Å². The van der Waals surface area contributed by atoms with Crippen LogP contribution in [0.2, 0.25) is 0 Å². The minimum absolute atomic E-state index is 0.104. The fourth-order valence-corrected chi connectivity index (χ4v) is 3.42. The highest BCUT2D eigenvalue weighted by molar-refractivity contribution is 5.93. The molecular weight excluding hydrogens is 318 g/mol. The standard InChI is InChI=1S/C17H15N7O/c25-17(13-4-6-20-21-13)23-8-5-12-15(19-10-18-12)16(23)14-9-11-3-1-2-7-24(11)22-14/h1-4,6-7,9-10,16H,5,8H2,(H,18,19)(H,20,21). The molecule has 0 radical (unpaired) electrons. The number of fused-ring (bicyclic) bond motifs is 2. The van der Waals surface area contributed by atoms with Crippen molar-refractivity contribution in [1.82, 2.24) is 34.7 Å². The van der Waals surface area contributed by atoms with Crippen LogP contribution < -0.4 is 0 Å². The van der Waals surface area contributed by atoms with Gasteiger partial charge in [0.15, 0.2) is 0 Å². The molecular formula is C17H15N7O. The Kier molecular flexibility index (Phi) is 2.96. The minimum Gasteiger partial charge on any atom is -0.348 e. The van der Waals surface area contributed by atoms with Crippen molar-refractivity contribution in [3.05, 3.63) is 71.8 Å². The molecule has 5 rings (SSSR count). The quantitative estimate of drug-likeness (QED) is 0.582. The molecule has 1 amide bonds. The predicted molar refractivity (Wildman–Crippen MR) is 89.0 cm³/mol. The Bertz CT molecular complexity index is 1010. The number of pyridine rings is 1. The second-order valence-electron chi connectivity index (χ2n) is 6.03. The van der Waals surface area contributed by atoms with Gasteiger partial charge in [-0.05, 0) is 24.3 Å². The van der Waals surface area contributed by atoms with Crippen molar-refractivity contribution in [2.75, 3.05) is 6.54 Å². The molecule has 1 aliphatic rings. The average molecular weight is 333 g/mol. The van der Waals surface area contributed by atoms with Crippen LogP contribution in [0.1, 0.15) is 33.6 Å². The van der Waals surface area contributed by atoms with Crippen LogP contribution in [0.15, 0.2) is 49.1 Å². The Morgan fingerprint density at radius 1 is 1.28 bits per heavy atom. The van der Waals surface area contributed by atoms with Gasteiger partial charge in [-0.15, -0.1) is 0 Å². The van der Waals surface area contributed by atoms with E-state index in [-0.39, 0.29) is 11.9 Å². The van der Waals surface area contributed by atoms with Crippen molar-refractivity contribution >= 4 is 11.4 Å². The molecule has 0 bridgehead atoms. The largest absolute Gasteiger partial charge is 0.348 e. The normalized spacial score (nSPS) is 17.0. The number of aromatic nitrogens is 6. The van der Waals surface area contributed by atoms with Crippen molar-refractivity contribution < 1.29 is 4.79 Å². The molecule has 8 heteroatoms. The van der Waals surface area contributed by atoms with E-state index in [0.717, 1.165) is 29.0 Å². The summed E-state index contributed by atoms with van der Waals surface area (Å²) in [4.78, 5) is 22.4. The number of nitrogens with zero attached hydrogens (tertiary/aromatic N) is 5. The molecule has 0 aromatic carbocycles. The Hall–Kier alpha value is -3.42. The van der Waals surface area contributed by atoms with Crippen LogP contribution >= 0.6 is 0 Å². The summed E-state index contributed by atoms with van der Waals surface area (Å²) in [5.74, 6) is -0.104. The summed E-state index contributed by atoms with van der Waals surface area (Å²) in [6.45, 7) is 0.589. The van der Waals surface area contributed by atoms with Crippen LogP contribution in [-0.4, -0.2) is 47.1 Å². The summed E-state index contributed by atoms with van der Waals surface area (Å²) >= 11 is 0. The second-order valence-corrected chi connectivity index (χ2v) is 6.03. The van der Waals surface area contributed by atoms with Gasteiger partial charge in [0, 0.05) is 31.1 Å². The Balaban J connectivity index is 1.64. The summed E-state index contributed by atoms with van der Waals surface area (Å²) in [7, 11) is 0. The molecule has 124 valence electrons. The Morgan fingerprint density at radius 3 is 3.08 bits per heavy atom. The lowest BCUT2D eigenvalue weighted by Crippen LogP contribution is -2.41. The Labute approximate surface area is 142 Å². The maximum atomic E-state index is 13.0. The molecule has 25 heavy (non-hydrogen) atoms. The van der Waals surface area contributed by atoms with Crippen LogP contribution in [0, 0.1) is 0 Å². The number of rotatable bonds is 2. The number of imidazole rings is 1. The molecule has 1 unspecified atom stereocenters. The fraction of sp³-hybridized carbons (Fsp3) is 0.176. The highest BCUT2D eigenvalue weighted by Crippen LogP contribution is 2.33. The van der Waals surface area contributed by atoms with Crippen molar-refractivity contribution in [2.45, 2.75) is 12.5 Å². The maximum absolute atomic E-state index is 13.0. The van der Waals surface area contributed by atoms with Gasteiger partial charge in [-0.2, -0.15) is 10.2 Å². The van der Waals surface area contributed by atoms with E-state index >= 15 is 0 Å². The van der Waals surface area contributed by atoms with Crippen LogP contribution in [0.25, 0.3) is 5.52 Å². The third kappa shape index (κ3) is 2.14. The molecule has 1 aliphatic heterocycles. The van der Waals surface area contributed by atoms with Gasteiger partial charge in [0.1, 0.15) is 11.7 Å². The van der Waals surface area contributed by atoms with Gasteiger partial charge in [0.2, 0.25) is 0 Å². The van der Waals surface area contributed by atoms with Gasteiger partial charge in [-0.1, -0.05) is 6.07 Å². The number of carbonyl (C=O) groups excluding carboxylic acids is 1. The molecule has 2 N–H and O–H groups in total. The van der Waals surface area contributed by atoms with E-state index in [1.54, 1.807) is 23.5 Å². The van der Waals surface area contributed by atoms with Gasteiger partial charge >= 0.3 is 0 Å². The predicted octanol–water partition coefficient (Wildman–Crippen LogP) is 1.57. The van der Waals surface area contributed by atoms with E-state index < -0.39 is 0 Å². The molecule has 5 heterocycles. The highest BCUT2D eigenvalue weighted by atomic mass is 16.2. The number of carbonyl (C=O) groups is 1. The first-order valence-electron chi connectivity index (χ1n) is 8.08. The smallest absolute Gasteiger partial charge is 0.272 e. The summed E-state index contributed by atoms with van der Waals surface area (Å²) in [5.41, 5.74) is 4.15. The molecule has 0 saturated carbocycles. The zero-order chi connectivity index (χ0) is 16.8. The summed E-state index contributed by atoms with van der Waals surface area (Å²) in [5, 5.41) is 11.3. The number of H-pyrrole nitrogens is 2. The minimum atomic E-state index is -0.328. The van der Waals surface area contributed by atoms with Crippen LogP contribution in [-0.2, 0) is 6.42 Å². The molecule has 4 aromatic heterocycles. The number of nitrogens with one attached hydrogen (secondary N) is 2. The maximum Gasteiger partial charge on any atom is 0.272 e. The van der Waals surface area contributed by atoms with Crippen molar-refractivity contribution in [3.63, 3.8) is 0 Å². The average Bonchev–Trinajstić information content (AvgIpc) is 3.39. The lowest BCUT2D eigenvalue weighted by atomic mass is 9.99. The molecule has 0 fully saturated rings. The third-order valence-corrected chi connectivity index (χ3v) is 4.59. The third-order valence-electron chi connectivity index (χ3n) is 4.59. The van der Waals surface area contributed by atoms with E-state index in [9.17, 15) is 4.79 Å². The molecule has 4 aromatic rings. The zero-order valence-corrected chi connectivity index (χ0v) is 13.3. The van der Waals surface area contributed by atoms with Gasteiger partial charge in [0.25, 0.3) is 5.91 Å². The van der Waals surface area contributed by atoms with Crippen LogP contribution in [0.4, 0.5) is 0 Å². The van der Waals surface area contributed by atoms with Crippen molar-refractivity contribution in [3.8, 4) is 0 Å². The van der Waals surface area contributed by atoms with Gasteiger partial charge in [-0.25, -0.2) is 9.50 Å². The second kappa shape index (κ2) is 5.30. The van der Waals surface area contributed by atoms with E-state index in [1.807, 2.05) is 35.0 Å². The summed E-state index contributed by atoms with van der Waals surface area (Å²) in [6, 6.07) is 9.25. The molecule has 1 atom stereocenters. The summed E-state index contributed by atoms with van der Waals surface area (Å²) < 4.78 is 1.81. The number of hydrogen-bond acceptors (Lipinski definition) is 4. The van der Waals surface area contributed by atoms with Gasteiger partial charge in [0.05, 0.1) is 23.2 Å². The topological polar surface area (TPSA) is 95.0 Å². The summed E-state index contributed by atoms with van der Waals surface area (Å²) in [6.07, 6.45) is 5.89. The van der Waals surface area contributed by atoms with E-state index in [4.69, 9.17) is 0 Å². The van der Waals surface area contributed by atoms with Gasteiger partial charge < -0.3 is 9.88 Å². The number of aromatic amines is 2. The van der Waals surface area contributed by atoms with Gasteiger partial charge in [-0.3, -0.25) is 9.89 Å². The number of hydrogen-bond donors (Lipinski definition) is 2. The zero-order valence-electron chi connectivity index (χ0n) is 13.3. The molecule has 0 aliphatic carbocycles. The highest BCUT2D eigenvalue weighted by Gasteiger charge is 2.36. The number of amides is 1. The van der Waals surface area contributed by atoms with Crippen molar-refractivity contribution in [2.24, 2.45) is 0 Å². The lowest BCUT2D eigenvalue weighted by Gasteiger charge is -2.33. The fourth-order valence-electron chi connectivity index (χ4n) is 3.42.